The summed E-state index contributed by atoms with van der Waals surface area (Å²) in [6.07, 6.45) is 0. The van der Waals surface area contributed by atoms with Crippen molar-refractivity contribution in [1.82, 2.24) is 20.5 Å². The van der Waals surface area contributed by atoms with E-state index in [-0.39, 0.29) is 29.5 Å². The van der Waals surface area contributed by atoms with Crippen molar-refractivity contribution in [2.75, 3.05) is 39.9 Å². The van der Waals surface area contributed by atoms with Crippen molar-refractivity contribution in [3.63, 3.8) is 0 Å². The number of ether oxygens (including phenoxy) is 1. The number of aliphatic imine (C=N–C) groups is 1. The predicted molar refractivity (Wildman–Crippen MR) is 137 cm³/mol. The molecular weight excluding hydrogens is 525 g/mol. The summed E-state index contributed by atoms with van der Waals surface area (Å²) in [5.41, 5.74) is 1.02. The average molecular weight is 555 g/mol. The number of hydrogen-bond donors (Lipinski definition) is 2. The molecule has 0 unspecified atom stereocenters. The number of para-hydroxylation sites is 1. The van der Waals surface area contributed by atoms with Crippen LogP contribution in [0.1, 0.15) is 19.6 Å². The van der Waals surface area contributed by atoms with Crippen molar-refractivity contribution < 1.29 is 9.15 Å². The molecule has 1 aromatic carbocycles. The van der Waals surface area contributed by atoms with E-state index in [0.717, 1.165) is 65.6 Å². The second-order valence-electron chi connectivity index (χ2n) is 7.94. The number of morpholine rings is 1. The fourth-order valence-corrected chi connectivity index (χ4v) is 4.46. The Labute approximate surface area is 204 Å². The summed E-state index contributed by atoms with van der Waals surface area (Å²) in [4.78, 5) is 11.5. The normalized spacial score (nSPS) is 15.6. The van der Waals surface area contributed by atoms with Crippen molar-refractivity contribution in [3.8, 4) is 10.8 Å². The minimum atomic E-state index is 0. The van der Waals surface area contributed by atoms with Gasteiger partial charge in [0.25, 0.3) is 0 Å². The summed E-state index contributed by atoms with van der Waals surface area (Å²) < 4.78 is 12.6. The van der Waals surface area contributed by atoms with E-state index in [4.69, 9.17) is 9.15 Å². The minimum Gasteiger partial charge on any atom is -0.457 e. The van der Waals surface area contributed by atoms with Crippen molar-refractivity contribution in [1.29, 1.82) is 0 Å². The third-order valence-corrected chi connectivity index (χ3v) is 6.43. The van der Waals surface area contributed by atoms with E-state index in [9.17, 15) is 0 Å². The first-order chi connectivity index (χ1) is 14.5. The van der Waals surface area contributed by atoms with Crippen LogP contribution in [0.3, 0.4) is 0 Å². The lowest BCUT2D eigenvalue weighted by Gasteiger charge is -2.41. The maximum absolute atomic E-state index is 6.02. The molecule has 0 radical (unpaired) electrons. The van der Waals surface area contributed by atoms with Gasteiger partial charge in [-0.2, -0.15) is 0 Å². The van der Waals surface area contributed by atoms with Crippen LogP contribution in [0.5, 0.6) is 0 Å². The van der Waals surface area contributed by atoms with Crippen LogP contribution < -0.4 is 10.6 Å². The fraction of sp³-hybridized carbons (Fsp3) is 0.455. The number of nitrogens with zero attached hydrogens (tertiary/aromatic N) is 3. The molecule has 2 aromatic heterocycles. The Hall–Kier alpha value is -1.69. The van der Waals surface area contributed by atoms with Crippen molar-refractivity contribution in [3.05, 3.63) is 42.2 Å². The molecule has 31 heavy (non-hydrogen) atoms. The monoisotopic (exact) mass is 555 g/mol. The first kappa shape index (κ1) is 24.0. The largest absolute Gasteiger partial charge is 0.457 e. The highest BCUT2D eigenvalue weighted by molar-refractivity contribution is 14.0. The quantitative estimate of drug-likeness (QED) is 0.273. The molecule has 0 spiro atoms. The number of hydrogen-bond acceptors (Lipinski definition) is 6. The summed E-state index contributed by atoms with van der Waals surface area (Å²) >= 11 is 1.64. The molecule has 0 aliphatic carbocycles. The van der Waals surface area contributed by atoms with Gasteiger partial charge < -0.3 is 19.8 Å². The number of nitrogens with one attached hydrogen (secondary N) is 2. The highest BCUT2D eigenvalue weighted by Crippen LogP contribution is 2.31. The van der Waals surface area contributed by atoms with Gasteiger partial charge in [0.05, 0.1) is 30.0 Å². The zero-order valence-corrected chi connectivity index (χ0v) is 21.3. The van der Waals surface area contributed by atoms with E-state index >= 15 is 0 Å². The average Bonchev–Trinajstić information content (AvgIpc) is 3.41. The molecule has 7 nitrogen and oxygen atoms in total. The third kappa shape index (κ3) is 5.97. The summed E-state index contributed by atoms with van der Waals surface area (Å²) in [7, 11) is 1.78. The van der Waals surface area contributed by atoms with Gasteiger partial charge in [-0.25, -0.2) is 4.98 Å². The molecule has 0 amide bonds. The topological polar surface area (TPSA) is 74.9 Å². The first-order valence-corrected chi connectivity index (χ1v) is 11.1. The van der Waals surface area contributed by atoms with Gasteiger partial charge in [0.15, 0.2) is 16.7 Å². The molecule has 1 saturated heterocycles. The number of thiazole rings is 1. The molecule has 3 heterocycles. The molecule has 1 aliphatic heterocycles. The molecular formula is C22H30IN5O2S. The predicted octanol–water partition coefficient (Wildman–Crippen LogP) is 3.95. The van der Waals surface area contributed by atoms with E-state index < -0.39 is 0 Å². The van der Waals surface area contributed by atoms with Gasteiger partial charge in [0.1, 0.15) is 5.76 Å². The van der Waals surface area contributed by atoms with Gasteiger partial charge in [-0.1, -0.05) is 12.1 Å². The lowest BCUT2D eigenvalue weighted by atomic mass is 10.0. The standard InChI is InChI=1S/C22H29N5O2S.HI/c1-22(2,27-10-12-28-13-11-27)15-25-21(23-3)24-14-16-8-9-18(29-16)20-26-17-6-4-5-7-19(17)30-20;/h4-9H,10-15H2,1-3H3,(H2,23,24,25);1H. The molecule has 9 heteroatoms. The molecule has 3 aromatic rings. The van der Waals surface area contributed by atoms with Crippen molar-refractivity contribution in [2.24, 2.45) is 4.99 Å². The van der Waals surface area contributed by atoms with Crippen LogP contribution in [0.25, 0.3) is 21.0 Å². The van der Waals surface area contributed by atoms with E-state index in [1.807, 2.05) is 30.3 Å². The zero-order chi connectivity index (χ0) is 21.0. The Morgan fingerprint density at radius 3 is 2.68 bits per heavy atom. The molecule has 1 fully saturated rings. The second-order valence-corrected chi connectivity index (χ2v) is 8.97. The highest BCUT2D eigenvalue weighted by atomic mass is 127. The second kappa shape index (κ2) is 10.8. The first-order valence-electron chi connectivity index (χ1n) is 10.3. The number of halogens is 1. The number of fused-ring (bicyclic) bond motifs is 1. The molecule has 0 atom stereocenters. The van der Waals surface area contributed by atoms with E-state index in [1.165, 1.54) is 0 Å². The Morgan fingerprint density at radius 2 is 1.94 bits per heavy atom. The summed E-state index contributed by atoms with van der Waals surface area (Å²) in [5.74, 6) is 2.40. The van der Waals surface area contributed by atoms with E-state index in [0.29, 0.717) is 6.54 Å². The van der Waals surface area contributed by atoms with Gasteiger partial charge in [-0.05, 0) is 38.1 Å². The number of guanidine groups is 1. The fourth-order valence-electron chi connectivity index (χ4n) is 3.54. The van der Waals surface area contributed by atoms with Gasteiger partial charge in [0, 0.05) is 32.2 Å². The van der Waals surface area contributed by atoms with E-state index in [2.05, 4.69) is 45.4 Å². The lowest BCUT2D eigenvalue weighted by Crippen LogP contribution is -2.56. The zero-order valence-electron chi connectivity index (χ0n) is 18.2. The molecule has 4 rings (SSSR count). The molecule has 0 bridgehead atoms. The maximum Gasteiger partial charge on any atom is 0.191 e. The van der Waals surface area contributed by atoms with Crippen LogP contribution in [0.2, 0.25) is 0 Å². The summed E-state index contributed by atoms with van der Waals surface area (Å²) in [6.45, 7) is 9.36. The Balaban J connectivity index is 0.00000272. The summed E-state index contributed by atoms with van der Waals surface area (Å²) in [6, 6.07) is 12.1. The Kier molecular flexibility index (Phi) is 8.31. The van der Waals surface area contributed by atoms with Crippen LogP contribution >= 0.6 is 35.3 Å². The van der Waals surface area contributed by atoms with Crippen LogP contribution in [0.15, 0.2) is 45.8 Å². The van der Waals surface area contributed by atoms with Crippen molar-refractivity contribution >= 4 is 51.5 Å². The van der Waals surface area contributed by atoms with Gasteiger partial charge in [0.2, 0.25) is 0 Å². The van der Waals surface area contributed by atoms with Gasteiger partial charge in [-0.15, -0.1) is 35.3 Å². The molecule has 0 saturated carbocycles. The lowest BCUT2D eigenvalue weighted by molar-refractivity contribution is -0.00834. The smallest absolute Gasteiger partial charge is 0.191 e. The molecule has 2 N–H and O–H groups in total. The van der Waals surface area contributed by atoms with Crippen LogP contribution in [-0.4, -0.2) is 61.3 Å². The SMILES string of the molecule is CN=C(NCc1ccc(-c2nc3ccccc3s2)o1)NCC(C)(C)N1CCOCC1.I. The Bertz CT molecular complexity index is 977. The van der Waals surface area contributed by atoms with Crippen LogP contribution in [-0.2, 0) is 11.3 Å². The summed E-state index contributed by atoms with van der Waals surface area (Å²) in [5, 5.41) is 7.68. The molecule has 1 aliphatic rings. The van der Waals surface area contributed by atoms with Crippen LogP contribution in [0, 0.1) is 0 Å². The number of furan rings is 1. The van der Waals surface area contributed by atoms with Gasteiger partial charge >= 0.3 is 0 Å². The Morgan fingerprint density at radius 1 is 1.16 bits per heavy atom. The number of aromatic nitrogens is 1. The van der Waals surface area contributed by atoms with Crippen molar-refractivity contribution in [2.45, 2.75) is 25.9 Å². The van der Waals surface area contributed by atoms with Crippen LogP contribution in [0.4, 0.5) is 0 Å². The number of benzene rings is 1. The third-order valence-electron chi connectivity index (χ3n) is 5.38. The number of rotatable bonds is 6. The molecule has 168 valence electrons. The highest BCUT2D eigenvalue weighted by Gasteiger charge is 2.28. The minimum absolute atomic E-state index is 0. The maximum atomic E-state index is 6.02. The van der Waals surface area contributed by atoms with Gasteiger partial charge in [-0.3, -0.25) is 9.89 Å². The van der Waals surface area contributed by atoms with E-state index in [1.54, 1.807) is 18.4 Å².